The molecule has 0 aromatic heterocycles. The standard InChI is InChI=1S/C23H27FN2O5S/c24-19-13-7-8-14-21(19)32(29,30)26-20(15-17-9-3-1-4-10-17)23(28)31-16-22(27)25-18-11-5-2-6-12-18/h1,3-4,7-10,13-14,18,20,26H,2,5-6,11-12,15-16H2,(H,25,27)/t20-/m1/s1. The van der Waals surface area contributed by atoms with Crippen molar-refractivity contribution in [2.75, 3.05) is 6.61 Å². The smallest absolute Gasteiger partial charge is 0.325 e. The monoisotopic (exact) mass is 462 g/mol. The van der Waals surface area contributed by atoms with Gasteiger partial charge in [0.2, 0.25) is 10.0 Å². The molecule has 32 heavy (non-hydrogen) atoms. The number of halogens is 1. The highest BCUT2D eigenvalue weighted by Gasteiger charge is 2.29. The molecule has 0 heterocycles. The summed E-state index contributed by atoms with van der Waals surface area (Å²) in [6.07, 6.45) is 4.99. The molecule has 0 aliphatic heterocycles. The van der Waals surface area contributed by atoms with Crippen molar-refractivity contribution in [3.63, 3.8) is 0 Å². The van der Waals surface area contributed by atoms with E-state index < -0.39 is 45.3 Å². The van der Waals surface area contributed by atoms with Crippen LogP contribution in [0.3, 0.4) is 0 Å². The SMILES string of the molecule is O=C(COC(=O)[C@@H](Cc1ccccc1)NS(=O)(=O)c1ccccc1F)NC1CCCCC1. The number of ether oxygens (including phenoxy) is 1. The van der Waals surface area contributed by atoms with Crippen LogP contribution in [-0.4, -0.2) is 39.0 Å². The Morgan fingerprint density at radius 2 is 1.66 bits per heavy atom. The van der Waals surface area contributed by atoms with Gasteiger partial charge in [0.25, 0.3) is 5.91 Å². The molecular weight excluding hydrogens is 435 g/mol. The first-order valence-electron chi connectivity index (χ1n) is 10.6. The summed E-state index contributed by atoms with van der Waals surface area (Å²) in [6.45, 7) is -0.512. The predicted octanol–water partition coefficient (Wildman–Crippen LogP) is 2.71. The van der Waals surface area contributed by atoms with E-state index >= 15 is 0 Å². The molecular formula is C23H27FN2O5S. The number of rotatable bonds is 9. The second-order valence-electron chi connectivity index (χ2n) is 7.80. The average Bonchev–Trinajstić information content (AvgIpc) is 2.78. The summed E-state index contributed by atoms with van der Waals surface area (Å²) >= 11 is 0. The number of hydrogen-bond donors (Lipinski definition) is 2. The number of sulfonamides is 1. The molecule has 3 rings (SSSR count). The first-order valence-corrected chi connectivity index (χ1v) is 12.1. The van der Waals surface area contributed by atoms with Gasteiger partial charge in [-0.3, -0.25) is 9.59 Å². The van der Waals surface area contributed by atoms with Crippen LogP contribution in [0.25, 0.3) is 0 Å². The molecule has 2 aromatic carbocycles. The van der Waals surface area contributed by atoms with Crippen LogP contribution in [0.15, 0.2) is 59.5 Å². The number of esters is 1. The minimum Gasteiger partial charge on any atom is -0.454 e. The Labute approximate surface area is 187 Å². The first kappa shape index (κ1) is 23.9. The molecule has 1 fully saturated rings. The Kier molecular flexibility index (Phi) is 8.35. The molecule has 0 bridgehead atoms. The van der Waals surface area contributed by atoms with Crippen molar-refractivity contribution in [3.05, 3.63) is 66.0 Å². The fourth-order valence-corrected chi connectivity index (χ4v) is 4.95. The molecule has 1 saturated carbocycles. The molecule has 2 N–H and O–H groups in total. The fourth-order valence-electron chi connectivity index (χ4n) is 3.69. The molecule has 1 aliphatic rings. The lowest BCUT2D eigenvalue weighted by Crippen LogP contribution is -2.45. The zero-order chi connectivity index (χ0) is 23.0. The van der Waals surface area contributed by atoms with Crippen LogP contribution >= 0.6 is 0 Å². The summed E-state index contributed by atoms with van der Waals surface area (Å²) in [5, 5.41) is 2.84. The van der Waals surface area contributed by atoms with Crippen molar-refractivity contribution < 1.29 is 27.1 Å². The van der Waals surface area contributed by atoms with Gasteiger partial charge < -0.3 is 10.1 Å². The third-order valence-corrected chi connectivity index (χ3v) is 6.81. The zero-order valence-corrected chi connectivity index (χ0v) is 18.4. The van der Waals surface area contributed by atoms with Gasteiger partial charge in [0.15, 0.2) is 6.61 Å². The van der Waals surface area contributed by atoms with Crippen LogP contribution in [0, 0.1) is 5.82 Å². The van der Waals surface area contributed by atoms with Gasteiger partial charge in [0.05, 0.1) is 0 Å². The van der Waals surface area contributed by atoms with Crippen LogP contribution < -0.4 is 10.0 Å². The first-order chi connectivity index (χ1) is 15.3. The Balaban J connectivity index is 1.68. The van der Waals surface area contributed by atoms with Crippen molar-refractivity contribution in [2.24, 2.45) is 0 Å². The van der Waals surface area contributed by atoms with Crippen LogP contribution in [0.4, 0.5) is 4.39 Å². The van der Waals surface area contributed by atoms with Gasteiger partial charge in [0.1, 0.15) is 16.8 Å². The van der Waals surface area contributed by atoms with Crippen LogP contribution in [0.1, 0.15) is 37.7 Å². The van der Waals surface area contributed by atoms with E-state index in [1.807, 2.05) is 0 Å². The fraction of sp³-hybridized carbons (Fsp3) is 0.391. The number of nitrogens with one attached hydrogen (secondary N) is 2. The summed E-state index contributed by atoms with van der Waals surface area (Å²) in [4.78, 5) is 24.3. The van der Waals surface area contributed by atoms with E-state index in [4.69, 9.17) is 4.74 Å². The quantitative estimate of drug-likeness (QED) is 0.558. The Hall–Kier alpha value is -2.78. The maximum absolute atomic E-state index is 14.1. The number of amides is 1. The molecule has 1 atom stereocenters. The van der Waals surface area contributed by atoms with E-state index in [2.05, 4.69) is 10.0 Å². The van der Waals surface area contributed by atoms with Crippen LogP contribution in [-0.2, 0) is 30.8 Å². The summed E-state index contributed by atoms with van der Waals surface area (Å²) < 4.78 is 46.8. The largest absolute Gasteiger partial charge is 0.454 e. The van der Waals surface area contributed by atoms with Gasteiger partial charge in [-0.15, -0.1) is 0 Å². The summed E-state index contributed by atoms with van der Waals surface area (Å²) in [5.74, 6) is -2.27. The van der Waals surface area contributed by atoms with Gasteiger partial charge in [-0.05, 0) is 37.0 Å². The zero-order valence-electron chi connectivity index (χ0n) is 17.6. The number of carbonyl (C=O) groups is 2. The van der Waals surface area contributed by atoms with Crippen molar-refractivity contribution in [3.8, 4) is 0 Å². The van der Waals surface area contributed by atoms with E-state index in [1.54, 1.807) is 30.3 Å². The normalized spacial score (nSPS) is 15.7. The maximum Gasteiger partial charge on any atom is 0.325 e. The minimum atomic E-state index is -4.34. The average molecular weight is 463 g/mol. The Morgan fingerprint density at radius 1 is 1.00 bits per heavy atom. The molecule has 9 heteroatoms. The third-order valence-electron chi connectivity index (χ3n) is 5.31. The van der Waals surface area contributed by atoms with E-state index in [0.29, 0.717) is 5.56 Å². The van der Waals surface area contributed by atoms with Crippen LogP contribution in [0.2, 0.25) is 0 Å². The molecule has 2 aromatic rings. The summed E-state index contributed by atoms with van der Waals surface area (Å²) in [6, 6.07) is 12.4. The highest BCUT2D eigenvalue weighted by atomic mass is 32.2. The molecule has 7 nitrogen and oxygen atoms in total. The molecule has 0 radical (unpaired) electrons. The van der Waals surface area contributed by atoms with Gasteiger partial charge in [-0.1, -0.05) is 61.7 Å². The topological polar surface area (TPSA) is 102 Å². The molecule has 172 valence electrons. The molecule has 0 spiro atoms. The number of benzene rings is 2. The number of carbonyl (C=O) groups excluding carboxylic acids is 2. The second-order valence-corrected chi connectivity index (χ2v) is 9.49. The van der Waals surface area contributed by atoms with Crippen molar-refractivity contribution in [1.82, 2.24) is 10.0 Å². The van der Waals surface area contributed by atoms with Gasteiger partial charge >= 0.3 is 5.97 Å². The molecule has 0 unspecified atom stereocenters. The van der Waals surface area contributed by atoms with Crippen molar-refractivity contribution in [1.29, 1.82) is 0 Å². The van der Waals surface area contributed by atoms with Gasteiger partial charge in [-0.25, -0.2) is 12.8 Å². The van der Waals surface area contributed by atoms with Crippen LogP contribution in [0.5, 0.6) is 0 Å². The summed E-state index contributed by atoms with van der Waals surface area (Å²) in [7, 11) is -4.34. The predicted molar refractivity (Wildman–Crippen MR) is 117 cm³/mol. The molecule has 0 saturated heterocycles. The molecule has 1 aliphatic carbocycles. The maximum atomic E-state index is 14.1. The van der Waals surface area contributed by atoms with E-state index in [-0.39, 0.29) is 12.5 Å². The van der Waals surface area contributed by atoms with Crippen molar-refractivity contribution in [2.45, 2.75) is 55.5 Å². The van der Waals surface area contributed by atoms with Crippen molar-refractivity contribution >= 4 is 21.9 Å². The third kappa shape index (κ3) is 6.86. The van der Waals surface area contributed by atoms with E-state index in [9.17, 15) is 22.4 Å². The number of hydrogen-bond acceptors (Lipinski definition) is 5. The van der Waals surface area contributed by atoms with Gasteiger partial charge in [0, 0.05) is 6.04 Å². The Bertz CT molecular complexity index is 1020. The van der Waals surface area contributed by atoms with E-state index in [1.165, 1.54) is 12.1 Å². The Morgan fingerprint density at radius 3 is 2.34 bits per heavy atom. The lowest BCUT2D eigenvalue weighted by molar-refractivity contribution is -0.150. The minimum absolute atomic E-state index is 0.0163. The van der Waals surface area contributed by atoms with Gasteiger partial charge in [-0.2, -0.15) is 4.72 Å². The summed E-state index contributed by atoms with van der Waals surface area (Å²) in [5.41, 5.74) is 0.678. The lowest BCUT2D eigenvalue weighted by atomic mass is 9.95. The van der Waals surface area contributed by atoms with E-state index in [0.717, 1.165) is 44.2 Å². The lowest BCUT2D eigenvalue weighted by Gasteiger charge is -2.23. The molecule has 1 amide bonds. The second kappa shape index (κ2) is 11.2. The highest BCUT2D eigenvalue weighted by Crippen LogP contribution is 2.17. The highest BCUT2D eigenvalue weighted by molar-refractivity contribution is 7.89.